The molecule has 21 heavy (non-hydrogen) atoms. The lowest BCUT2D eigenvalue weighted by Gasteiger charge is -2.23. The molecule has 1 atom stereocenters. The topological polar surface area (TPSA) is 74.5 Å². The van der Waals surface area contributed by atoms with E-state index in [0.717, 1.165) is 32.5 Å². The first-order valence-corrected chi connectivity index (χ1v) is 7.57. The number of amides is 1. The van der Waals surface area contributed by atoms with E-state index in [9.17, 15) is 4.79 Å². The molecule has 1 aliphatic rings. The number of hydrogen-bond donors (Lipinski definition) is 1. The summed E-state index contributed by atoms with van der Waals surface area (Å²) < 4.78 is 4.99. The van der Waals surface area contributed by atoms with Gasteiger partial charge < -0.3 is 9.84 Å². The van der Waals surface area contributed by atoms with E-state index in [0.29, 0.717) is 30.8 Å². The highest BCUT2D eigenvalue weighted by molar-refractivity contribution is 5.78. The lowest BCUT2D eigenvalue weighted by molar-refractivity contribution is -0.122. The molecular formula is C14H25N5O2. The number of hydrogen-bond acceptors (Lipinski definition) is 6. The van der Waals surface area contributed by atoms with Crippen molar-refractivity contribution in [1.82, 2.24) is 25.3 Å². The second-order valence-electron chi connectivity index (χ2n) is 5.67. The fourth-order valence-corrected chi connectivity index (χ4v) is 2.60. The lowest BCUT2D eigenvalue weighted by Crippen LogP contribution is -2.39. The monoisotopic (exact) mass is 295 g/mol. The predicted molar refractivity (Wildman–Crippen MR) is 78.6 cm³/mol. The molecule has 1 N–H and O–H groups in total. The lowest BCUT2D eigenvalue weighted by atomic mass is 10.2. The standard InChI is InChI=1S/C14H25N5O2/c1-4-6-15-14(20)10-19-7-5-12(8-19)18(3)9-13-16-11(2)21-17-13/h12H,4-10H2,1-3H3,(H,15,20)/t12-/m0/s1. The Morgan fingerprint density at radius 1 is 1.57 bits per heavy atom. The number of aromatic nitrogens is 2. The fraction of sp³-hybridized carbons (Fsp3) is 0.786. The molecule has 1 fully saturated rings. The van der Waals surface area contributed by atoms with Crippen molar-refractivity contribution in [3.05, 3.63) is 11.7 Å². The molecule has 1 aromatic rings. The van der Waals surface area contributed by atoms with Crippen LogP contribution in [-0.4, -0.2) is 65.1 Å². The van der Waals surface area contributed by atoms with Crippen LogP contribution in [0.4, 0.5) is 0 Å². The zero-order valence-electron chi connectivity index (χ0n) is 13.1. The Kier molecular flexibility index (Phi) is 5.69. The Morgan fingerprint density at radius 3 is 3.05 bits per heavy atom. The van der Waals surface area contributed by atoms with E-state index in [1.54, 1.807) is 6.92 Å². The van der Waals surface area contributed by atoms with Gasteiger partial charge in [-0.2, -0.15) is 4.98 Å². The average molecular weight is 295 g/mol. The maximum atomic E-state index is 11.7. The molecule has 1 saturated heterocycles. The summed E-state index contributed by atoms with van der Waals surface area (Å²) in [6.07, 6.45) is 2.04. The van der Waals surface area contributed by atoms with Crippen molar-refractivity contribution in [3.8, 4) is 0 Å². The Hall–Kier alpha value is -1.47. The molecule has 0 spiro atoms. The summed E-state index contributed by atoms with van der Waals surface area (Å²) in [5.74, 6) is 1.43. The third-order valence-corrected chi connectivity index (χ3v) is 3.77. The summed E-state index contributed by atoms with van der Waals surface area (Å²) >= 11 is 0. The maximum Gasteiger partial charge on any atom is 0.234 e. The first kappa shape index (κ1) is 15.9. The number of carbonyl (C=O) groups is 1. The minimum atomic E-state index is 0.119. The van der Waals surface area contributed by atoms with Crippen LogP contribution in [-0.2, 0) is 11.3 Å². The molecule has 1 aromatic heterocycles. The van der Waals surface area contributed by atoms with Gasteiger partial charge in [-0.15, -0.1) is 0 Å². The largest absolute Gasteiger partial charge is 0.355 e. The molecule has 0 aliphatic carbocycles. The summed E-state index contributed by atoms with van der Waals surface area (Å²) in [6.45, 7) is 7.65. The van der Waals surface area contributed by atoms with E-state index in [2.05, 4.69) is 39.2 Å². The van der Waals surface area contributed by atoms with Crippen molar-refractivity contribution in [1.29, 1.82) is 0 Å². The van der Waals surface area contributed by atoms with Crippen LogP contribution in [0.1, 0.15) is 31.5 Å². The van der Waals surface area contributed by atoms with Gasteiger partial charge in [0.05, 0.1) is 13.1 Å². The van der Waals surface area contributed by atoms with Crippen LogP contribution in [0.5, 0.6) is 0 Å². The van der Waals surface area contributed by atoms with Crippen LogP contribution in [0.15, 0.2) is 4.52 Å². The van der Waals surface area contributed by atoms with Gasteiger partial charge in [0.2, 0.25) is 11.8 Å². The third-order valence-electron chi connectivity index (χ3n) is 3.77. The van der Waals surface area contributed by atoms with Crippen LogP contribution in [0.3, 0.4) is 0 Å². The number of likely N-dealkylation sites (tertiary alicyclic amines) is 1. The van der Waals surface area contributed by atoms with Crippen LogP contribution in [0, 0.1) is 6.92 Å². The van der Waals surface area contributed by atoms with E-state index in [1.165, 1.54) is 0 Å². The SMILES string of the molecule is CCCNC(=O)CN1CC[C@H](N(C)Cc2noc(C)n2)C1. The second-order valence-corrected chi connectivity index (χ2v) is 5.67. The number of nitrogens with zero attached hydrogens (tertiary/aromatic N) is 4. The van der Waals surface area contributed by atoms with Gasteiger partial charge in [-0.25, -0.2) is 0 Å². The van der Waals surface area contributed by atoms with Gasteiger partial charge in [-0.3, -0.25) is 14.6 Å². The van der Waals surface area contributed by atoms with E-state index >= 15 is 0 Å². The Labute approximate surface area is 125 Å². The fourth-order valence-electron chi connectivity index (χ4n) is 2.60. The highest BCUT2D eigenvalue weighted by Crippen LogP contribution is 2.15. The summed E-state index contributed by atoms with van der Waals surface area (Å²) in [5, 5.41) is 6.84. The first-order chi connectivity index (χ1) is 10.1. The summed E-state index contributed by atoms with van der Waals surface area (Å²) in [4.78, 5) is 20.4. The van der Waals surface area contributed by atoms with Crippen molar-refractivity contribution >= 4 is 5.91 Å². The number of rotatable bonds is 7. The highest BCUT2D eigenvalue weighted by atomic mass is 16.5. The van der Waals surface area contributed by atoms with Gasteiger partial charge in [0.1, 0.15) is 0 Å². The zero-order chi connectivity index (χ0) is 15.2. The van der Waals surface area contributed by atoms with Crippen LogP contribution < -0.4 is 5.32 Å². The summed E-state index contributed by atoms with van der Waals surface area (Å²) in [7, 11) is 2.07. The number of nitrogens with one attached hydrogen (secondary N) is 1. The quantitative estimate of drug-likeness (QED) is 0.785. The predicted octanol–water partition coefficient (Wildman–Crippen LogP) is 0.410. The molecule has 1 amide bonds. The van der Waals surface area contributed by atoms with E-state index in [1.807, 2.05) is 0 Å². The smallest absolute Gasteiger partial charge is 0.234 e. The minimum absolute atomic E-state index is 0.119. The average Bonchev–Trinajstić information content (AvgIpc) is 3.06. The summed E-state index contributed by atoms with van der Waals surface area (Å²) in [6, 6.07) is 0.433. The maximum absolute atomic E-state index is 11.7. The number of aryl methyl sites for hydroxylation is 1. The molecule has 0 aromatic carbocycles. The minimum Gasteiger partial charge on any atom is -0.355 e. The number of carbonyl (C=O) groups excluding carboxylic acids is 1. The molecule has 0 bridgehead atoms. The van der Waals surface area contributed by atoms with Crippen molar-refractivity contribution in [2.45, 2.75) is 39.3 Å². The molecule has 118 valence electrons. The van der Waals surface area contributed by atoms with Crippen molar-refractivity contribution in [3.63, 3.8) is 0 Å². The van der Waals surface area contributed by atoms with E-state index < -0.39 is 0 Å². The molecule has 0 unspecified atom stereocenters. The molecule has 7 nitrogen and oxygen atoms in total. The van der Waals surface area contributed by atoms with Crippen molar-refractivity contribution < 1.29 is 9.32 Å². The molecule has 7 heteroatoms. The van der Waals surface area contributed by atoms with Gasteiger partial charge in [-0.1, -0.05) is 12.1 Å². The molecule has 0 radical (unpaired) electrons. The molecule has 1 aliphatic heterocycles. The number of likely N-dealkylation sites (N-methyl/N-ethyl adjacent to an activating group) is 1. The van der Waals surface area contributed by atoms with Gasteiger partial charge in [0.15, 0.2) is 5.82 Å². The molecule has 0 saturated carbocycles. The van der Waals surface area contributed by atoms with E-state index in [4.69, 9.17) is 4.52 Å². The summed E-state index contributed by atoms with van der Waals surface area (Å²) in [5.41, 5.74) is 0. The van der Waals surface area contributed by atoms with E-state index in [-0.39, 0.29) is 5.91 Å². The normalized spacial score (nSPS) is 19.3. The van der Waals surface area contributed by atoms with Crippen molar-refractivity contribution in [2.75, 3.05) is 33.2 Å². The van der Waals surface area contributed by atoms with Gasteiger partial charge in [-0.05, 0) is 19.9 Å². The third kappa shape index (κ3) is 4.78. The van der Waals surface area contributed by atoms with Gasteiger partial charge in [0.25, 0.3) is 0 Å². The molecule has 2 heterocycles. The molecule has 2 rings (SSSR count). The van der Waals surface area contributed by atoms with Crippen molar-refractivity contribution in [2.24, 2.45) is 0 Å². The van der Waals surface area contributed by atoms with Gasteiger partial charge in [0, 0.05) is 32.6 Å². The Morgan fingerprint density at radius 2 is 2.38 bits per heavy atom. The van der Waals surface area contributed by atoms with Gasteiger partial charge >= 0.3 is 0 Å². The van der Waals surface area contributed by atoms with Crippen LogP contribution in [0.2, 0.25) is 0 Å². The van der Waals surface area contributed by atoms with Crippen LogP contribution in [0.25, 0.3) is 0 Å². The zero-order valence-corrected chi connectivity index (χ0v) is 13.1. The molecular weight excluding hydrogens is 270 g/mol. The Balaban J connectivity index is 1.75. The second kappa shape index (κ2) is 7.51. The Bertz CT molecular complexity index is 462. The highest BCUT2D eigenvalue weighted by Gasteiger charge is 2.27. The first-order valence-electron chi connectivity index (χ1n) is 7.57. The van der Waals surface area contributed by atoms with Crippen LogP contribution >= 0.6 is 0 Å².